The van der Waals surface area contributed by atoms with E-state index in [0.717, 1.165) is 18.1 Å². The molecule has 1 aromatic heterocycles. The summed E-state index contributed by atoms with van der Waals surface area (Å²) in [6.07, 6.45) is 7.13. The maximum absolute atomic E-state index is 5.50. The number of hydrogen-bond donors (Lipinski definition) is 0. The zero-order valence-corrected chi connectivity index (χ0v) is 11.6. The van der Waals surface area contributed by atoms with Crippen molar-refractivity contribution in [3.63, 3.8) is 0 Å². The average Bonchev–Trinajstić information content (AvgIpc) is 3.08. The maximum atomic E-state index is 5.50. The van der Waals surface area contributed by atoms with Gasteiger partial charge in [0.2, 0.25) is 0 Å². The summed E-state index contributed by atoms with van der Waals surface area (Å²) in [4.78, 5) is 4.86. The molecule has 0 spiro atoms. The fraction of sp³-hybridized carbons (Fsp3) is 0.833. The number of likely N-dealkylation sites (tertiary alicyclic amines) is 2. The molecule has 0 atom stereocenters. The monoisotopic (exact) mass is 267 g/mol. The molecule has 0 saturated carbocycles. The van der Waals surface area contributed by atoms with Crippen molar-refractivity contribution in [1.82, 2.24) is 24.1 Å². The van der Waals surface area contributed by atoms with E-state index in [1.807, 2.05) is 11.0 Å². The summed E-state index contributed by atoms with van der Waals surface area (Å²) >= 11 is 5.50. The molecule has 1 aromatic rings. The molecule has 18 heavy (non-hydrogen) atoms. The Morgan fingerprint density at radius 3 is 2.11 bits per heavy atom. The molecule has 0 amide bonds. The van der Waals surface area contributed by atoms with E-state index in [4.69, 9.17) is 12.2 Å². The standard InChI is InChI=1S/C12H21N5S/c18-12-16(10-14-5-1-2-6-14)9-13-17(12)11-15-7-3-4-8-15/h9H,1-8,10-11H2. The molecule has 0 bridgehead atoms. The molecule has 0 unspecified atom stereocenters. The Morgan fingerprint density at radius 2 is 1.50 bits per heavy atom. The Labute approximate surface area is 113 Å². The van der Waals surface area contributed by atoms with Crippen LogP contribution in [0.5, 0.6) is 0 Å². The second-order valence-electron chi connectivity index (χ2n) is 5.32. The SMILES string of the molecule is S=c1n(CN2CCCC2)cnn1CN1CCCC1. The molecular formula is C12H21N5S. The number of aromatic nitrogens is 3. The van der Waals surface area contributed by atoms with Gasteiger partial charge in [0, 0.05) is 0 Å². The number of hydrogen-bond acceptors (Lipinski definition) is 4. The highest BCUT2D eigenvalue weighted by Crippen LogP contribution is 2.11. The van der Waals surface area contributed by atoms with E-state index in [1.165, 1.54) is 51.9 Å². The summed E-state index contributed by atoms with van der Waals surface area (Å²) in [5.74, 6) is 0. The number of nitrogens with zero attached hydrogens (tertiary/aromatic N) is 5. The summed E-state index contributed by atoms with van der Waals surface area (Å²) in [5, 5.41) is 4.43. The average molecular weight is 267 g/mol. The van der Waals surface area contributed by atoms with Crippen molar-refractivity contribution >= 4 is 12.2 Å². The van der Waals surface area contributed by atoms with E-state index in [2.05, 4.69) is 19.5 Å². The van der Waals surface area contributed by atoms with Gasteiger partial charge < -0.3 is 0 Å². The molecule has 0 radical (unpaired) electrons. The van der Waals surface area contributed by atoms with E-state index < -0.39 is 0 Å². The van der Waals surface area contributed by atoms with Gasteiger partial charge in [-0.1, -0.05) is 0 Å². The highest BCUT2D eigenvalue weighted by atomic mass is 32.1. The molecular weight excluding hydrogens is 246 g/mol. The van der Waals surface area contributed by atoms with Crippen LogP contribution < -0.4 is 0 Å². The fourth-order valence-corrected chi connectivity index (χ4v) is 3.03. The quantitative estimate of drug-likeness (QED) is 0.774. The van der Waals surface area contributed by atoms with Crippen LogP contribution in [-0.4, -0.2) is 50.3 Å². The van der Waals surface area contributed by atoms with E-state index >= 15 is 0 Å². The van der Waals surface area contributed by atoms with Crippen molar-refractivity contribution in [1.29, 1.82) is 0 Å². The van der Waals surface area contributed by atoms with Gasteiger partial charge in [0.25, 0.3) is 0 Å². The van der Waals surface area contributed by atoms with Crippen LogP contribution in [0.15, 0.2) is 6.33 Å². The largest absolute Gasteiger partial charge is 0.293 e. The molecule has 3 rings (SSSR count). The van der Waals surface area contributed by atoms with Gasteiger partial charge in [-0.25, -0.2) is 4.68 Å². The van der Waals surface area contributed by atoms with Crippen molar-refractivity contribution in [2.75, 3.05) is 26.2 Å². The van der Waals surface area contributed by atoms with Crippen LogP contribution in [0.1, 0.15) is 25.7 Å². The first-order valence-electron chi connectivity index (χ1n) is 6.90. The van der Waals surface area contributed by atoms with Crippen molar-refractivity contribution in [2.45, 2.75) is 39.0 Å². The first-order valence-corrected chi connectivity index (χ1v) is 7.31. The van der Waals surface area contributed by atoms with Gasteiger partial charge in [-0.2, -0.15) is 5.10 Å². The summed E-state index contributed by atoms with van der Waals surface area (Å²) in [6, 6.07) is 0. The molecule has 3 heterocycles. The molecule has 100 valence electrons. The molecule has 2 aliphatic heterocycles. The predicted molar refractivity (Wildman–Crippen MR) is 72.7 cm³/mol. The summed E-state index contributed by atoms with van der Waals surface area (Å²) in [6.45, 7) is 6.50. The lowest BCUT2D eigenvalue weighted by Crippen LogP contribution is -2.25. The predicted octanol–water partition coefficient (Wildman–Crippen LogP) is 1.52. The Hall–Kier alpha value is -0.720. The number of rotatable bonds is 4. The third kappa shape index (κ3) is 2.65. The van der Waals surface area contributed by atoms with Gasteiger partial charge in [0.15, 0.2) is 4.77 Å². The van der Waals surface area contributed by atoms with Crippen LogP contribution in [0.25, 0.3) is 0 Å². The first kappa shape index (κ1) is 12.3. The van der Waals surface area contributed by atoms with Crippen LogP contribution in [-0.2, 0) is 13.3 Å². The maximum Gasteiger partial charge on any atom is 0.200 e. The van der Waals surface area contributed by atoms with Crippen molar-refractivity contribution in [2.24, 2.45) is 0 Å². The molecule has 0 aromatic carbocycles. The van der Waals surface area contributed by atoms with Crippen LogP contribution in [0.2, 0.25) is 0 Å². The minimum Gasteiger partial charge on any atom is -0.293 e. The van der Waals surface area contributed by atoms with Gasteiger partial charge >= 0.3 is 0 Å². The molecule has 2 saturated heterocycles. The van der Waals surface area contributed by atoms with Crippen molar-refractivity contribution < 1.29 is 0 Å². The van der Waals surface area contributed by atoms with E-state index in [-0.39, 0.29) is 0 Å². The Kier molecular flexibility index (Phi) is 3.77. The topological polar surface area (TPSA) is 29.2 Å². The van der Waals surface area contributed by atoms with Crippen LogP contribution >= 0.6 is 12.2 Å². The normalized spacial score (nSPS) is 22.0. The van der Waals surface area contributed by atoms with Gasteiger partial charge in [-0.05, 0) is 64.1 Å². The highest BCUT2D eigenvalue weighted by Gasteiger charge is 2.15. The van der Waals surface area contributed by atoms with Crippen molar-refractivity contribution in [3.8, 4) is 0 Å². The lowest BCUT2D eigenvalue weighted by Gasteiger charge is -2.15. The van der Waals surface area contributed by atoms with Crippen LogP contribution in [0, 0.1) is 4.77 Å². The highest BCUT2D eigenvalue weighted by molar-refractivity contribution is 7.71. The van der Waals surface area contributed by atoms with Gasteiger partial charge in [-0.3, -0.25) is 14.4 Å². The van der Waals surface area contributed by atoms with Crippen LogP contribution in [0.3, 0.4) is 0 Å². The molecule has 0 aliphatic carbocycles. The van der Waals surface area contributed by atoms with Gasteiger partial charge in [0.05, 0.1) is 13.3 Å². The molecule has 2 aliphatic rings. The smallest absolute Gasteiger partial charge is 0.200 e. The molecule has 6 heteroatoms. The fourth-order valence-electron chi connectivity index (χ4n) is 2.82. The summed E-state index contributed by atoms with van der Waals surface area (Å²) in [7, 11) is 0. The van der Waals surface area contributed by atoms with Crippen molar-refractivity contribution in [3.05, 3.63) is 11.1 Å². The molecule has 0 N–H and O–H groups in total. The Bertz CT molecular complexity index is 401. The summed E-state index contributed by atoms with van der Waals surface area (Å²) in [5.41, 5.74) is 0. The second kappa shape index (κ2) is 5.50. The minimum atomic E-state index is 0.853. The molecule has 5 nitrogen and oxygen atoms in total. The van der Waals surface area contributed by atoms with E-state index in [0.29, 0.717) is 0 Å². The third-order valence-electron chi connectivity index (χ3n) is 3.88. The zero-order valence-electron chi connectivity index (χ0n) is 10.8. The minimum absolute atomic E-state index is 0.853. The van der Waals surface area contributed by atoms with E-state index in [9.17, 15) is 0 Å². The Morgan fingerprint density at radius 1 is 0.944 bits per heavy atom. The summed E-state index contributed by atoms with van der Waals surface area (Å²) < 4.78 is 4.90. The second-order valence-corrected chi connectivity index (χ2v) is 5.68. The Balaban J connectivity index is 1.65. The third-order valence-corrected chi connectivity index (χ3v) is 4.33. The van der Waals surface area contributed by atoms with E-state index in [1.54, 1.807) is 0 Å². The van der Waals surface area contributed by atoms with Gasteiger partial charge in [0.1, 0.15) is 6.33 Å². The van der Waals surface area contributed by atoms with Crippen LogP contribution in [0.4, 0.5) is 0 Å². The zero-order chi connectivity index (χ0) is 12.4. The molecule has 2 fully saturated rings. The first-order chi connectivity index (χ1) is 8.83. The lowest BCUT2D eigenvalue weighted by molar-refractivity contribution is 0.246. The van der Waals surface area contributed by atoms with Gasteiger partial charge in [-0.15, -0.1) is 0 Å². The lowest BCUT2D eigenvalue weighted by atomic mass is 10.4.